The van der Waals surface area contributed by atoms with E-state index in [1.54, 1.807) is 6.07 Å². The molecule has 1 aromatic carbocycles. The fourth-order valence-electron chi connectivity index (χ4n) is 4.46. The molecule has 5 nitrogen and oxygen atoms in total. The zero-order valence-electron chi connectivity index (χ0n) is 15.9. The Morgan fingerprint density at radius 3 is 2.67 bits per heavy atom. The quantitative estimate of drug-likeness (QED) is 0.864. The van der Waals surface area contributed by atoms with Gasteiger partial charge in [0.15, 0.2) is 0 Å². The minimum Gasteiger partial charge on any atom is -0.350 e. The van der Waals surface area contributed by atoms with E-state index in [4.69, 9.17) is 4.52 Å². The van der Waals surface area contributed by atoms with Crippen molar-refractivity contribution in [1.82, 2.24) is 15.4 Å². The molecule has 0 bridgehead atoms. The number of amides is 1. The molecule has 2 aliphatic rings. The van der Waals surface area contributed by atoms with Gasteiger partial charge in [-0.05, 0) is 44.7 Å². The number of carbonyl (C=O) groups is 1. The van der Waals surface area contributed by atoms with Crippen molar-refractivity contribution in [3.63, 3.8) is 0 Å². The Labute approximate surface area is 161 Å². The van der Waals surface area contributed by atoms with Crippen molar-refractivity contribution in [2.45, 2.75) is 51.0 Å². The first-order chi connectivity index (χ1) is 13.3. The molecular weight excluding hydrogens is 338 g/mol. The van der Waals surface area contributed by atoms with Gasteiger partial charge >= 0.3 is 0 Å². The summed E-state index contributed by atoms with van der Waals surface area (Å²) >= 11 is 0. The van der Waals surface area contributed by atoms with Crippen LogP contribution >= 0.6 is 0 Å². The first-order valence-electron chi connectivity index (χ1n) is 10.3. The second-order valence-corrected chi connectivity index (χ2v) is 7.93. The number of nitrogens with one attached hydrogen (secondary N) is 1. The predicted molar refractivity (Wildman–Crippen MR) is 105 cm³/mol. The van der Waals surface area contributed by atoms with Gasteiger partial charge in [0.1, 0.15) is 5.69 Å². The molecule has 2 heterocycles. The minimum atomic E-state index is -0.139. The van der Waals surface area contributed by atoms with E-state index >= 15 is 0 Å². The van der Waals surface area contributed by atoms with Gasteiger partial charge in [0, 0.05) is 24.2 Å². The third-order valence-electron chi connectivity index (χ3n) is 5.97. The van der Waals surface area contributed by atoms with Crippen LogP contribution in [0.25, 0.3) is 11.3 Å². The van der Waals surface area contributed by atoms with Crippen LogP contribution in [-0.2, 0) is 0 Å². The largest absolute Gasteiger partial charge is 0.350 e. The molecule has 1 saturated carbocycles. The number of rotatable bonds is 5. The van der Waals surface area contributed by atoms with Crippen molar-refractivity contribution in [2.75, 3.05) is 19.6 Å². The number of nitrogens with zero attached hydrogens (tertiary/aromatic N) is 2. The summed E-state index contributed by atoms with van der Waals surface area (Å²) in [4.78, 5) is 15.3. The summed E-state index contributed by atoms with van der Waals surface area (Å²) in [6, 6.07) is 11.8. The normalized spacial score (nSPS) is 23.9. The standard InChI is InChI=1S/C22H29N3O2/c26-22(21-15-20(24-27-21)17-9-3-1-4-10-17)23-19-12-6-5-11-18(19)16-25-13-7-2-8-14-25/h1,3-4,9-10,15,18-19H,2,5-8,11-14,16H2,(H,23,26)/t18-,19-/m0/s1. The fourth-order valence-corrected chi connectivity index (χ4v) is 4.46. The highest BCUT2D eigenvalue weighted by Gasteiger charge is 2.29. The Kier molecular flexibility index (Phi) is 5.87. The molecule has 2 fully saturated rings. The van der Waals surface area contributed by atoms with E-state index in [1.165, 1.54) is 51.6 Å². The Bertz CT molecular complexity index is 737. The number of benzene rings is 1. The highest BCUT2D eigenvalue weighted by molar-refractivity contribution is 5.92. The van der Waals surface area contributed by atoms with Gasteiger partial charge in [-0.2, -0.15) is 0 Å². The molecular formula is C22H29N3O2. The third-order valence-corrected chi connectivity index (χ3v) is 5.97. The lowest BCUT2D eigenvalue weighted by Gasteiger charge is -2.37. The van der Waals surface area contributed by atoms with Crippen LogP contribution in [0, 0.1) is 5.92 Å². The molecule has 0 spiro atoms. The molecule has 2 atom stereocenters. The molecule has 5 heteroatoms. The number of hydrogen-bond donors (Lipinski definition) is 1. The van der Waals surface area contributed by atoms with E-state index < -0.39 is 0 Å². The van der Waals surface area contributed by atoms with Crippen LogP contribution < -0.4 is 5.32 Å². The smallest absolute Gasteiger partial charge is 0.290 e. The van der Waals surface area contributed by atoms with E-state index in [0.717, 1.165) is 18.5 Å². The summed E-state index contributed by atoms with van der Waals surface area (Å²) in [5, 5.41) is 7.31. The van der Waals surface area contributed by atoms with Gasteiger partial charge in [0.05, 0.1) is 0 Å². The topological polar surface area (TPSA) is 58.4 Å². The molecule has 0 unspecified atom stereocenters. The maximum Gasteiger partial charge on any atom is 0.290 e. The van der Waals surface area contributed by atoms with E-state index in [9.17, 15) is 4.79 Å². The lowest BCUT2D eigenvalue weighted by atomic mass is 9.83. The maximum absolute atomic E-state index is 12.7. The molecule has 1 saturated heterocycles. The molecule has 2 aromatic rings. The van der Waals surface area contributed by atoms with Gasteiger partial charge in [-0.3, -0.25) is 4.79 Å². The number of carbonyl (C=O) groups excluding carboxylic acids is 1. The van der Waals surface area contributed by atoms with Gasteiger partial charge in [-0.15, -0.1) is 0 Å². The summed E-state index contributed by atoms with van der Waals surface area (Å²) in [6.45, 7) is 3.52. The van der Waals surface area contributed by atoms with Crippen molar-refractivity contribution in [2.24, 2.45) is 5.92 Å². The number of piperidine rings is 1. The molecule has 4 rings (SSSR count). The summed E-state index contributed by atoms with van der Waals surface area (Å²) in [5.41, 5.74) is 1.66. The van der Waals surface area contributed by atoms with Crippen LogP contribution in [0.2, 0.25) is 0 Å². The van der Waals surface area contributed by atoms with Gasteiger partial charge in [-0.1, -0.05) is 54.8 Å². The van der Waals surface area contributed by atoms with Gasteiger partial charge in [0.25, 0.3) is 5.91 Å². The Balaban J connectivity index is 1.39. The SMILES string of the molecule is O=C(N[C@H]1CCCC[C@H]1CN1CCCCC1)c1cc(-c2ccccc2)no1. The minimum absolute atomic E-state index is 0.139. The highest BCUT2D eigenvalue weighted by atomic mass is 16.5. The molecule has 144 valence electrons. The lowest BCUT2D eigenvalue weighted by molar-refractivity contribution is 0.0841. The second kappa shape index (κ2) is 8.70. The predicted octanol–water partition coefficient (Wildman–Crippen LogP) is 4.12. The molecule has 27 heavy (non-hydrogen) atoms. The number of hydrogen-bond acceptors (Lipinski definition) is 4. The van der Waals surface area contributed by atoms with Crippen molar-refractivity contribution < 1.29 is 9.32 Å². The molecule has 1 aliphatic carbocycles. The average molecular weight is 367 g/mol. The summed E-state index contributed by atoms with van der Waals surface area (Å²) in [7, 11) is 0. The number of aromatic nitrogens is 1. The lowest BCUT2D eigenvalue weighted by Crippen LogP contribution is -2.47. The molecule has 0 radical (unpaired) electrons. The van der Waals surface area contributed by atoms with Crippen LogP contribution in [0.1, 0.15) is 55.5 Å². The maximum atomic E-state index is 12.7. The molecule has 1 aliphatic heterocycles. The van der Waals surface area contributed by atoms with Gasteiger partial charge in [0.2, 0.25) is 5.76 Å². The Morgan fingerprint density at radius 1 is 1.07 bits per heavy atom. The van der Waals surface area contributed by atoms with Gasteiger partial charge < -0.3 is 14.7 Å². The second-order valence-electron chi connectivity index (χ2n) is 7.93. The van der Waals surface area contributed by atoms with Crippen molar-refractivity contribution in [3.8, 4) is 11.3 Å². The van der Waals surface area contributed by atoms with E-state index in [-0.39, 0.29) is 11.9 Å². The summed E-state index contributed by atoms with van der Waals surface area (Å²) < 4.78 is 5.34. The van der Waals surface area contributed by atoms with Crippen molar-refractivity contribution in [3.05, 3.63) is 42.2 Å². The van der Waals surface area contributed by atoms with Crippen LogP contribution in [0.3, 0.4) is 0 Å². The monoisotopic (exact) mass is 367 g/mol. The molecule has 1 N–H and O–H groups in total. The molecule has 1 amide bonds. The van der Waals surface area contributed by atoms with Crippen LogP contribution in [0.15, 0.2) is 40.9 Å². The van der Waals surface area contributed by atoms with Gasteiger partial charge in [-0.25, -0.2) is 0 Å². The molecule has 1 aromatic heterocycles. The van der Waals surface area contributed by atoms with Crippen LogP contribution in [-0.4, -0.2) is 41.6 Å². The average Bonchev–Trinajstić information content (AvgIpc) is 3.21. The van der Waals surface area contributed by atoms with E-state index in [2.05, 4.69) is 15.4 Å². The van der Waals surface area contributed by atoms with E-state index in [1.807, 2.05) is 30.3 Å². The van der Waals surface area contributed by atoms with Crippen molar-refractivity contribution in [1.29, 1.82) is 0 Å². The Hall–Kier alpha value is -2.14. The van der Waals surface area contributed by atoms with E-state index in [0.29, 0.717) is 17.4 Å². The first-order valence-corrected chi connectivity index (χ1v) is 10.3. The Morgan fingerprint density at radius 2 is 1.85 bits per heavy atom. The highest BCUT2D eigenvalue weighted by Crippen LogP contribution is 2.27. The van der Waals surface area contributed by atoms with Crippen molar-refractivity contribution >= 4 is 5.91 Å². The van der Waals surface area contributed by atoms with Crippen LogP contribution in [0.5, 0.6) is 0 Å². The zero-order valence-corrected chi connectivity index (χ0v) is 15.9. The fraction of sp³-hybridized carbons (Fsp3) is 0.545. The first kappa shape index (κ1) is 18.2. The number of likely N-dealkylation sites (tertiary alicyclic amines) is 1. The summed E-state index contributed by atoms with van der Waals surface area (Å²) in [5.74, 6) is 0.702. The zero-order chi connectivity index (χ0) is 18.5. The van der Waals surface area contributed by atoms with Crippen LogP contribution in [0.4, 0.5) is 0 Å². The third kappa shape index (κ3) is 4.59. The summed E-state index contributed by atoms with van der Waals surface area (Å²) in [6.07, 6.45) is 8.69.